The highest BCUT2D eigenvalue weighted by atomic mass is 35.5. The van der Waals surface area contributed by atoms with Gasteiger partial charge in [-0.25, -0.2) is 0 Å². The fourth-order valence-corrected chi connectivity index (χ4v) is 2.03. The van der Waals surface area contributed by atoms with E-state index < -0.39 is 0 Å². The van der Waals surface area contributed by atoms with Crippen LogP contribution >= 0.6 is 34.8 Å². The lowest BCUT2D eigenvalue weighted by molar-refractivity contribution is 0.190. The maximum atomic E-state index is 5.90. The Kier molecular flexibility index (Phi) is 3.88. The van der Waals surface area contributed by atoms with E-state index >= 15 is 0 Å². The standard InChI is InChI=1S/C12H11Cl3O2/c1-2-3-12(7-17-12)6-16-8-4-9(13)11(15)10(14)5-8/h2,4-5H,1,3,6-7H2. The molecule has 0 N–H and O–H groups in total. The topological polar surface area (TPSA) is 21.8 Å². The fraction of sp³-hybridized carbons (Fsp3) is 0.333. The molecule has 17 heavy (non-hydrogen) atoms. The summed E-state index contributed by atoms with van der Waals surface area (Å²) in [5, 5.41) is 1.09. The molecule has 0 amide bonds. The van der Waals surface area contributed by atoms with Gasteiger partial charge in [-0.05, 0) is 6.42 Å². The van der Waals surface area contributed by atoms with Crippen molar-refractivity contribution in [2.45, 2.75) is 12.0 Å². The third-order valence-corrected chi connectivity index (χ3v) is 3.72. The van der Waals surface area contributed by atoms with Crippen molar-refractivity contribution in [3.63, 3.8) is 0 Å². The zero-order chi connectivity index (χ0) is 12.5. The van der Waals surface area contributed by atoms with Crippen molar-refractivity contribution < 1.29 is 9.47 Å². The average Bonchev–Trinajstić information content (AvgIpc) is 3.04. The van der Waals surface area contributed by atoms with Crippen molar-refractivity contribution in [1.82, 2.24) is 0 Å². The van der Waals surface area contributed by atoms with Crippen molar-refractivity contribution in [2.24, 2.45) is 0 Å². The van der Waals surface area contributed by atoms with Crippen LogP contribution in [0.4, 0.5) is 0 Å². The first kappa shape index (κ1) is 13.0. The molecule has 1 aliphatic rings. The van der Waals surface area contributed by atoms with Gasteiger partial charge in [0.2, 0.25) is 0 Å². The summed E-state index contributed by atoms with van der Waals surface area (Å²) in [6.45, 7) is 4.83. The maximum absolute atomic E-state index is 5.90. The minimum Gasteiger partial charge on any atom is -0.490 e. The molecule has 1 unspecified atom stereocenters. The van der Waals surface area contributed by atoms with E-state index in [9.17, 15) is 0 Å². The van der Waals surface area contributed by atoms with Gasteiger partial charge in [-0.1, -0.05) is 40.9 Å². The van der Waals surface area contributed by atoms with Crippen molar-refractivity contribution in [1.29, 1.82) is 0 Å². The lowest BCUT2D eigenvalue weighted by Gasteiger charge is -2.12. The quantitative estimate of drug-likeness (QED) is 0.457. The highest BCUT2D eigenvalue weighted by molar-refractivity contribution is 6.48. The fourth-order valence-electron chi connectivity index (χ4n) is 1.46. The molecule has 0 aliphatic carbocycles. The average molecular weight is 294 g/mol. The van der Waals surface area contributed by atoms with Gasteiger partial charge in [0, 0.05) is 12.1 Å². The molecule has 0 bridgehead atoms. The number of ether oxygens (including phenoxy) is 2. The molecule has 1 aromatic rings. The smallest absolute Gasteiger partial charge is 0.129 e. The lowest BCUT2D eigenvalue weighted by atomic mass is 10.1. The Balaban J connectivity index is 2.02. The molecule has 1 saturated heterocycles. The molecule has 0 spiro atoms. The lowest BCUT2D eigenvalue weighted by Crippen LogP contribution is -2.20. The van der Waals surface area contributed by atoms with Gasteiger partial charge in [-0.15, -0.1) is 6.58 Å². The molecule has 1 atom stereocenters. The number of rotatable bonds is 5. The highest BCUT2D eigenvalue weighted by Crippen LogP contribution is 2.36. The van der Waals surface area contributed by atoms with Gasteiger partial charge in [-0.2, -0.15) is 0 Å². The summed E-state index contributed by atoms with van der Waals surface area (Å²) in [5.41, 5.74) is -0.222. The van der Waals surface area contributed by atoms with E-state index in [-0.39, 0.29) is 5.60 Å². The SMILES string of the molecule is C=CCC1(COc2cc(Cl)c(Cl)c(Cl)c2)CO1. The summed E-state index contributed by atoms with van der Waals surface area (Å²) in [6, 6.07) is 3.28. The van der Waals surface area contributed by atoms with Crippen LogP contribution < -0.4 is 4.74 Å². The molecule has 92 valence electrons. The van der Waals surface area contributed by atoms with Crippen LogP contribution in [-0.4, -0.2) is 18.8 Å². The second kappa shape index (κ2) is 5.07. The first-order valence-electron chi connectivity index (χ1n) is 5.08. The minimum absolute atomic E-state index is 0.222. The zero-order valence-corrected chi connectivity index (χ0v) is 11.3. The predicted octanol–water partition coefficient (Wildman–Crippen LogP) is 4.37. The van der Waals surface area contributed by atoms with Gasteiger partial charge in [0.1, 0.15) is 18.0 Å². The molecule has 0 aromatic heterocycles. The molecule has 1 fully saturated rings. The van der Waals surface area contributed by atoms with Gasteiger partial charge in [0.25, 0.3) is 0 Å². The normalized spacial score (nSPS) is 22.3. The molecule has 2 rings (SSSR count). The number of epoxide rings is 1. The number of hydrogen-bond donors (Lipinski definition) is 0. The van der Waals surface area contributed by atoms with Crippen molar-refractivity contribution >= 4 is 34.8 Å². The second-order valence-electron chi connectivity index (χ2n) is 3.95. The molecular weight excluding hydrogens is 282 g/mol. The van der Waals surface area contributed by atoms with E-state index in [0.717, 1.165) is 6.42 Å². The maximum Gasteiger partial charge on any atom is 0.129 e. The Morgan fingerprint density at radius 1 is 1.35 bits per heavy atom. The Morgan fingerprint density at radius 3 is 2.41 bits per heavy atom. The molecule has 5 heteroatoms. The molecule has 2 nitrogen and oxygen atoms in total. The monoisotopic (exact) mass is 292 g/mol. The first-order valence-corrected chi connectivity index (χ1v) is 6.22. The summed E-state index contributed by atoms with van der Waals surface area (Å²) in [7, 11) is 0. The molecule has 1 aliphatic heterocycles. The van der Waals surface area contributed by atoms with Crippen molar-refractivity contribution in [3.05, 3.63) is 39.9 Å². The minimum atomic E-state index is -0.222. The Hall–Kier alpha value is -0.410. The summed E-state index contributed by atoms with van der Waals surface area (Å²) in [5.74, 6) is 0.586. The van der Waals surface area contributed by atoms with E-state index in [0.29, 0.717) is 34.0 Å². The van der Waals surface area contributed by atoms with Crippen LogP contribution in [-0.2, 0) is 4.74 Å². The second-order valence-corrected chi connectivity index (χ2v) is 5.15. The first-order chi connectivity index (χ1) is 8.06. The van der Waals surface area contributed by atoms with Gasteiger partial charge in [0.15, 0.2) is 0 Å². The highest BCUT2D eigenvalue weighted by Gasteiger charge is 2.44. The van der Waals surface area contributed by atoms with Gasteiger partial charge in [-0.3, -0.25) is 0 Å². The van der Waals surface area contributed by atoms with E-state index in [2.05, 4.69) is 6.58 Å². The number of hydrogen-bond acceptors (Lipinski definition) is 2. The van der Waals surface area contributed by atoms with Crippen LogP contribution in [0.5, 0.6) is 5.75 Å². The van der Waals surface area contributed by atoms with E-state index in [1.807, 2.05) is 6.08 Å². The van der Waals surface area contributed by atoms with E-state index in [1.54, 1.807) is 12.1 Å². The summed E-state index contributed by atoms with van der Waals surface area (Å²) in [4.78, 5) is 0. The largest absolute Gasteiger partial charge is 0.490 e. The molecule has 1 aromatic carbocycles. The Bertz CT molecular complexity index is 418. The van der Waals surface area contributed by atoms with Gasteiger partial charge in [0.05, 0.1) is 21.7 Å². The number of benzene rings is 1. The third-order valence-electron chi connectivity index (χ3n) is 2.53. The summed E-state index contributed by atoms with van der Waals surface area (Å²) < 4.78 is 11.0. The molecule has 0 radical (unpaired) electrons. The van der Waals surface area contributed by atoms with Crippen LogP contribution in [0.15, 0.2) is 24.8 Å². The Labute approximate surface area is 115 Å². The molecule has 0 saturated carbocycles. The van der Waals surface area contributed by atoms with Crippen LogP contribution in [0.25, 0.3) is 0 Å². The van der Waals surface area contributed by atoms with Gasteiger partial charge < -0.3 is 9.47 Å². The summed E-state index contributed by atoms with van der Waals surface area (Å²) >= 11 is 17.6. The summed E-state index contributed by atoms with van der Waals surface area (Å²) in [6.07, 6.45) is 2.58. The van der Waals surface area contributed by atoms with Gasteiger partial charge >= 0.3 is 0 Å². The van der Waals surface area contributed by atoms with E-state index in [4.69, 9.17) is 44.3 Å². The van der Waals surface area contributed by atoms with Crippen LogP contribution in [0, 0.1) is 0 Å². The van der Waals surface area contributed by atoms with Crippen molar-refractivity contribution in [2.75, 3.05) is 13.2 Å². The van der Waals surface area contributed by atoms with E-state index in [1.165, 1.54) is 0 Å². The molecular formula is C12H11Cl3O2. The number of halogens is 3. The molecule has 1 heterocycles. The third kappa shape index (κ3) is 3.08. The van der Waals surface area contributed by atoms with Crippen LogP contribution in [0.1, 0.15) is 6.42 Å². The Morgan fingerprint density at radius 2 is 1.94 bits per heavy atom. The van der Waals surface area contributed by atoms with Crippen LogP contribution in [0.2, 0.25) is 15.1 Å². The van der Waals surface area contributed by atoms with Crippen LogP contribution in [0.3, 0.4) is 0 Å². The zero-order valence-electron chi connectivity index (χ0n) is 9.01. The predicted molar refractivity (Wildman–Crippen MR) is 70.5 cm³/mol. The van der Waals surface area contributed by atoms with Crippen molar-refractivity contribution in [3.8, 4) is 5.75 Å².